The fourth-order valence-corrected chi connectivity index (χ4v) is 2.96. The number of amides is 1. The van der Waals surface area contributed by atoms with E-state index in [2.05, 4.69) is 10.2 Å². The quantitative estimate of drug-likeness (QED) is 0.886. The van der Waals surface area contributed by atoms with Crippen LogP contribution in [-0.4, -0.2) is 40.3 Å². The number of carbonyl (C=O) groups excluding carboxylic acids is 1. The molecule has 2 aliphatic rings. The fraction of sp³-hybridized carbons (Fsp3) is 0.692. The number of carbonyl (C=O) groups is 1. The second-order valence-corrected chi connectivity index (χ2v) is 5.10. The first-order valence-corrected chi connectivity index (χ1v) is 6.75. The molecule has 2 fully saturated rings. The Morgan fingerprint density at radius 3 is 3.17 bits per heavy atom. The lowest BCUT2D eigenvalue weighted by atomic mass is 10.1. The second-order valence-electron chi connectivity index (χ2n) is 5.10. The summed E-state index contributed by atoms with van der Waals surface area (Å²) in [6.07, 6.45) is 6.62. The molecule has 0 unspecified atom stereocenters. The molecule has 0 bridgehead atoms. The summed E-state index contributed by atoms with van der Waals surface area (Å²) < 4.78 is 5.54. The van der Waals surface area contributed by atoms with Crippen LogP contribution < -0.4 is 0 Å². The average Bonchev–Trinajstić information content (AvgIpc) is 3.11. The van der Waals surface area contributed by atoms with Gasteiger partial charge in [-0.2, -0.15) is 5.10 Å². The number of likely N-dealkylation sites (tertiary alicyclic amines) is 1. The summed E-state index contributed by atoms with van der Waals surface area (Å²) in [6, 6.07) is 2.14. The van der Waals surface area contributed by atoms with E-state index in [1.807, 2.05) is 11.0 Å². The van der Waals surface area contributed by atoms with Gasteiger partial charge >= 0.3 is 0 Å². The summed E-state index contributed by atoms with van der Waals surface area (Å²) >= 11 is 0. The molecule has 2 saturated heterocycles. The third kappa shape index (κ3) is 2.27. The Hall–Kier alpha value is -1.36. The maximum absolute atomic E-state index is 12.3. The van der Waals surface area contributed by atoms with Gasteiger partial charge in [-0.1, -0.05) is 0 Å². The van der Waals surface area contributed by atoms with Crippen LogP contribution >= 0.6 is 0 Å². The van der Waals surface area contributed by atoms with Crippen molar-refractivity contribution < 1.29 is 9.53 Å². The van der Waals surface area contributed by atoms with Crippen molar-refractivity contribution in [2.75, 3.05) is 13.2 Å². The van der Waals surface area contributed by atoms with Crippen molar-refractivity contribution in [1.29, 1.82) is 0 Å². The molecule has 0 radical (unpaired) electrons. The molecule has 3 rings (SSSR count). The lowest BCUT2D eigenvalue weighted by Crippen LogP contribution is -2.33. The highest BCUT2D eigenvalue weighted by atomic mass is 16.5. The third-order valence-corrected chi connectivity index (χ3v) is 3.88. The molecule has 5 nitrogen and oxygen atoms in total. The number of rotatable bonds is 3. The van der Waals surface area contributed by atoms with Crippen molar-refractivity contribution in [1.82, 2.24) is 15.1 Å². The largest absolute Gasteiger partial charge is 0.378 e. The predicted molar refractivity (Wildman–Crippen MR) is 65.9 cm³/mol. The number of hydrogen-bond acceptors (Lipinski definition) is 3. The van der Waals surface area contributed by atoms with E-state index in [-0.39, 0.29) is 18.1 Å². The van der Waals surface area contributed by atoms with Crippen LogP contribution in [0.3, 0.4) is 0 Å². The average molecular weight is 249 g/mol. The summed E-state index contributed by atoms with van der Waals surface area (Å²) in [5.74, 6) is 0.221. The highest BCUT2D eigenvalue weighted by molar-refractivity contribution is 5.77. The van der Waals surface area contributed by atoms with Crippen LogP contribution in [0.2, 0.25) is 0 Å². The van der Waals surface area contributed by atoms with Crippen molar-refractivity contribution in [2.45, 2.75) is 44.2 Å². The van der Waals surface area contributed by atoms with Gasteiger partial charge in [-0.05, 0) is 31.7 Å². The number of nitrogens with one attached hydrogen (secondary N) is 1. The molecule has 5 heteroatoms. The first-order valence-electron chi connectivity index (χ1n) is 6.75. The SMILES string of the molecule is O=C(C[C@@H]1CCCO1)N1CCC[C@H]1c1ccn[nH]1. The lowest BCUT2D eigenvalue weighted by molar-refractivity contribution is -0.134. The third-order valence-electron chi connectivity index (χ3n) is 3.88. The standard InChI is InChI=1S/C13H19N3O2/c17-13(9-10-3-2-8-18-10)16-7-1-4-12(16)11-5-6-14-15-11/h5-6,10,12H,1-4,7-9H2,(H,14,15)/t10-,12-/m0/s1. The molecule has 0 aliphatic carbocycles. The van der Waals surface area contributed by atoms with Gasteiger partial charge in [0.25, 0.3) is 0 Å². The summed E-state index contributed by atoms with van der Waals surface area (Å²) in [7, 11) is 0. The molecule has 0 saturated carbocycles. The van der Waals surface area contributed by atoms with E-state index in [9.17, 15) is 4.79 Å². The van der Waals surface area contributed by atoms with E-state index in [1.165, 1.54) is 0 Å². The van der Waals surface area contributed by atoms with Gasteiger partial charge in [0.1, 0.15) is 0 Å². The molecular weight excluding hydrogens is 230 g/mol. The monoisotopic (exact) mass is 249 g/mol. The smallest absolute Gasteiger partial charge is 0.225 e. The van der Waals surface area contributed by atoms with Gasteiger partial charge < -0.3 is 9.64 Å². The Bertz CT molecular complexity index is 398. The number of ether oxygens (including phenoxy) is 1. The van der Waals surface area contributed by atoms with Crippen molar-refractivity contribution in [2.24, 2.45) is 0 Å². The van der Waals surface area contributed by atoms with Crippen LogP contribution in [0.4, 0.5) is 0 Å². The molecule has 0 aromatic carbocycles. The summed E-state index contributed by atoms with van der Waals surface area (Å²) in [4.78, 5) is 14.3. The molecule has 1 aromatic heterocycles. The Balaban J connectivity index is 1.65. The number of hydrogen-bond donors (Lipinski definition) is 1. The van der Waals surface area contributed by atoms with Gasteiger partial charge in [-0.3, -0.25) is 9.89 Å². The molecule has 2 aliphatic heterocycles. The van der Waals surface area contributed by atoms with Crippen LogP contribution in [0.25, 0.3) is 0 Å². The Morgan fingerprint density at radius 2 is 2.44 bits per heavy atom. The van der Waals surface area contributed by atoms with E-state index in [4.69, 9.17) is 4.74 Å². The van der Waals surface area contributed by atoms with E-state index < -0.39 is 0 Å². The fourth-order valence-electron chi connectivity index (χ4n) is 2.96. The van der Waals surface area contributed by atoms with Gasteiger partial charge in [-0.25, -0.2) is 0 Å². The minimum atomic E-state index is 0.139. The van der Waals surface area contributed by atoms with Crippen molar-refractivity contribution in [3.8, 4) is 0 Å². The minimum Gasteiger partial charge on any atom is -0.378 e. The highest BCUT2D eigenvalue weighted by Gasteiger charge is 2.32. The zero-order valence-electron chi connectivity index (χ0n) is 10.5. The first kappa shape index (κ1) is 11.7. The van der Waals surface area contributed by atoms with E-state index in [0.717, 1.165) is 44.5 Å². The maximum atomic E-state index is 12.3. The zero-order chi connectivity index (χ0) is 12.4. The number of aromatic amines is 1. The zero-order valence-corrected chi connectivity index (χ0v) is 10.5. The van der Waals surface area contributed by atoms with Crippen LogP contribution in [0.1, 0.15) is 43.8 Å². The van der Waals surface area contributed by atoms with Gasteiger partial charge in [0.15, 0.2) is 0 Å². The predicted octanol–water partition coefficient (Wildman–Crippen LogP) is 1.64. The molecule has 2 atom stereocenters. The van der Waals surface area contributed by atoms with Gasteiger partial charge in [0, 0.05) is 19.3 Å². The Kier molecular flexibility index (Phi) is 3.32. The molecular formula is C13H19N3O2. The molecule has 0 spiro atoms. The lowest BCUT2D eigenvalue weighted by Gasteiger charge is -2.24. The maximum Gasteiger partial charge on any atom is 0.225 e. The Labute approximate surface area is 107 Å². The molecule has 98 valence electrons. The second kappa shape index (κ2) is 5.10. The van der Waals surface area contributed by atoms with Crippen LogP contribution in [-0.2, 0) is 9.53 Å². The summed E-state index contributed by atoms with van der Waals surface area (Å²) in [5.41, 5.74) is 1.05. The molecule has 1 aromatic rings. The number of aromatic nitrogens is 2. The van der Waals surface area contributed by atoms with Gasteiger partial charge in [0.2, 0.25) is 5.91 Å². The normalized spacial score (nSPS) is 27.9. The van der Waals surface area contributed by atoms with Crippen molar-refractivity contribution in [3.63, 3.8) is 0 Å². The van der Waals surface area contributed by atoms with Crippen LogP contribution in [0.15, 0.2) is 12.3 Å². The van der Waals surface area contributed by atoms with E-state index in [0.29, 0.717) is 6.42 Å². The molecule has 1 N–H and O–H groups in total. The highest BCUT2D eigenvalue weighted by Crippen LogP contribution is 2.31. The minimum absolute atomic E-state index is 0.139. The summed E-state index contributed by atoms with van der Waals surface area (Å²) in [6.45, 7) is 1.66. The first-order chi connectivity index (χ1) is 8.84. The topological polar surface area (TPSA) is 58.2 Å². The van der Waals surface area contributed by atoms with Gasteiger partial charge in [-0.15, -0.1) is 0 Å². The van der Waals surface area contributed by atoms with Crippen molar-refractivity contribution in [3.05, 3.63) is 18.0 Å². The van der Waals surface area contributed by atoms with Gasteiger partial charge in [0.05, 0.1) is 24.3 Å². The number of nitrogens with zero attached hydrogens (tertiary/aromatic N) is 2. The van der Waals surface area contributed by atoms with Crippen LogP contribution in [0, 0.1) is 0 Å². The molecule has 1 amide bonds. The van der Waals surface area contributed by atoms with E-state index in [1.54, 1.807) is 6.20 Å². The molecule has 18 heavy (non-hydrogen) atoms. The van der Waals surface area contributed by atoms with Crippen LogP contribution in [0.5, 0.6) is 0 Å². The molecule has 3 heterocycles. The number of H-pyrrole nitrogens is 1. The van der Waals surface area contributed by atoms with E-state index >= 15 is 0 Å². The summed E-state index contributed by atoms with van der Waals surface area (Å²) in [5, 5.41) is 6.96. The van der Waals surface area contributed by atoms with Crippen molar-refractivity contribution >= 4 is 5.91 Å². The Morgan fingerprint density at radius 1 is 1.50 bits per heavy atom.